The maximum Gasteiger partial charge on any atom is 0.290 e. The van der Waals surface area contributed by atoms with E-state index in [9.17, 15) is 4.79 Å². The van der Waals surface area contributed by atoms with Gasteiger partial charge in [-0.1, -0.05) is 29.4 Å². The molecule has 1 fully saturated rings. The number of rotatable bonds is 7. The minimum Gasteiger partial charge on any atom is -0.496 e. The Labute approximate surface area is 176 Å². The van der Waals surface area contributed by atoms with Crippen LogP contribution in [0.4, 0.5) is 0 Å². The molecule has 2 aromatic heterocycles. The molecule has 0 aliphatic carbocycles. The van der Waals surface area contributed by atoms with Crippen molar-refractivity contribution in [3.63, 3.8) is 0 Å². The van der Waals surface area contributed by atoms with E-state index in [1.807, 2.05) is 36.4 Å². The minimum absolute atomic E-state index is 0.248. The molecule has 0 bridgehead atoms. The topological polar surface area (TPSA) is 80.5 Å². The van der Waals surface area contributed by atoms with Gasteiger partial charge in [-0.3, -0.25) is 14.7 Å². The molecule has 0 spiro atoms. The number of benzene rings is 1. The standard InChI is InChI=1S/C23H26N4O3/c1-29-21-8-3-2-6-18(21)16-27-12-9-17(10-13-27)20-14-22(30-26-20)23(28)25-15-19-7-4-5-11-24-19/h2-8,11,14,17H,9-10,12-13,15-16H2,1H3,(H,25,28). The first-order valence-electron chi connectivity index (χ1n) is 10.2. The van der Waals surface area contributed by atoms with Gasteiger partial charge in [0.15, 0.2) is 0 Å². The molecule has 0 saturated carbocycles. The van der Waals surface area contributed by atoms with Crippen LogP contribution in [0.1, 0.15) is 46.3 Å². The van der Waals surface area contributed by atoms with Crippen molar-refractivity contribution in [3.8, 4) is 5.75 Å². The normalized spacial score (nSPS) is 15.1. The lowest BCUT2D eigenvalue weighted by molar-refractivity contribution is 0.0913. The van der Waals surface area contributed by atoms with Crippen molar-refractivity contribution < 1.29 is 14.1 Å². The van der Waals surface area contributed by atoms with Crippen LogP contribution in [-0.4, -0.2) is 41.1 Å². The Morgan fingerprint density at radius 1 is 1.20 bits per heavy atom. The van der Waals surface area contributed by atoms with E-state index in [1.165, 1.54) is 5.56 Å². The number of pyridine rings is 1. The van der Waals surface area contributed by atoms with Gasteiger partial charge in [-0.25, -0.2) is 0 Å². The van der Waals surface area contributed by atoms with Crippen LogP contribution in [0, 0.1) is 0 Å². The number of carbonyl (C=O) groups excluding carboxylic acids is 1. The van der Waals surface area contributed by atoms with Gasteiger partial charge in [-0.15, -0.1) is 0 Å². The maximum absolute atomic E-state index is 12.3. The van der Waals surface area contributed by atoms with Gasteiger partial charge in [-0.05, 0) is 44.1 Å². The van der Waals surface area contributed by atoms with Crippen molar-refractivity contribution in [2.75, 3.05) is 20.2 Å². The van der Waals surface area contributed by atoms with Gasteiger partial charge in [0.1, 0.15) is 5.75 Å². The Bertz CT molecular complexity index is 965. The Balaban J connectivity index is 1.29. The summed E-state index contributed by atoms with van der Waals surface area (Å²) in [6.45, 7) is 3.17. The second-order valence-corrected chi connectivity index (χ2v) is 7.48. The van der Waals surface area contributed by atoms with Gasteiger partial charge < -0.3 is 14.6 Å². The Kier molecular flexibility index (Phi) is 6.39. The SMILES string of the molecule is COc1ccccc1CN1CCC(c2cc(C(=O)NCc3ccccn3)on2)CC1. The van der Waals surface area contributed by atoms with Crippen molar-refractivity contribution in [2.45, 2.75) is 31.8 Å². The number of hydrogen-bond acceptors (Lipinski definition) is 6. The van der Waals surface area contributed by atoms with E-state index in [1.54, 1.807) is 19.4 Å². The molecule has 1 aliphatic heterocycles. The number of piperidine rings is 1. The third-order valence-corrected chi connectivity index (χ3v) is 5.50. The smallest absolute Gasteiger partial charge is 0.290 e. The van der Waals surface area contributed by atoms with Crippen LogP contribution in [0.3, 0.4) is 0 Å². The van der Waals surface area contributed by atoms with E-state index >= 15 is 0 Å². The van der Waals surface area contributed by atoms with Gasteiger partial charge in [0, 0.05) is 30.3 Å². The number of aromatic nitrogens is 2. The second kappa shape index (κ2) is 9.54. The summed E-state index contributed by atoms with van der Waals surface area (Å²) in [5.41, 5.74) is 2.86. The van der Waals surface area contributed by atoms with E-state index < -0.39 is 0 Å². The molecule has 0 unspecified atom stereocenters. The average Bonchev–Trinajstić information content (AvgIpc) is 3.29. The van der Waals surface area contributed by atoms with Crippen LogP contribution in [-0.2, 0) is 13.1 Å². The minimum atomic E-state index is -0.270. The highest BCUT2D eigenvalue weighted by Gasteiger charge is 2.25. The van der Waals surface area contributed by atoms with Crippen LogP contribution in [0.25, 0.3) is 0 Å². The van der Waals surface area contributed by atoms with Gasteiger partial charge in [0.2, 0.25) is 5.76 Å². The number of nitrogens with zero attached hydrogens (tertiary/aromatic N) is 3. The summed E-state index contributed by atoms with van der Waals surface area (Å²) in [7, 11) is 1.71. The molecule has 1 aliphatic rings. The largest absolute Gasteiger partial charge is 0.496 e. The van der Waals surface area contributed by atoms with Crippen molar-refractivity contribution in [3.05, 3.63) is 77.4 Å². The van der Waals surface area contributed by atoms with Crippen molar-refractivity contribution in [2.24, 2.45) is 0 Å². The fourth-order valence-electron chi connectivity index (χ4n) is 3.81. The summed E-state index contributed by atoms with van der Waals surface area (Å²) in [6.07, 6.45) is 3.67. The molecular weight excluding hydrogens is 380 g/mol. The van der Waals surface area contributed by atoms with Gasteiger partial charge in [0.05, 0.1) is 25.0 Å². The van der Waals surface area contributed by atoms with E-state index in [0.29, 0.717) is 12.5 Å². The highest BCUT2D eigenvalue weighted by molar-refractivity contribution is 5.91. The molecule has 1 saturated heterocycles. The van der Waals surface area contributed by atoms with Gasteiger partial charge in [-0.2, -0.15) is 0 Å². The van der Waals surface area contributed by atoms with Gasteiger partial charge >= 0.3 is 0 Å². The van der Waals surface area contributed by atoms with Crippen LogP contribution < -0.4 is 10.1 Å². The Hall–Kier alpha value is -3.19. The maximum atomic E-state index is 12.3. The molecule has 3 aromatic rings. The Morgan fingerprint density at radius 2 is 2.00 bits per heavy atom. The number of likely N-dealkylation sites (tertiary alicyclic amines) is 1. The highest BCUT2D eigenvalue weighted by atomic mass is 16.5. The van der Waals surface area contributed by atoms with Crippen LogP contribution in [0.2, 0.25) is 0 Å². The fraction of sp³-hybridized carbons (Fsp3) is 0.348. The molecule has 1 aromatic carbocycles. The molecular formula is C23H26N4O3. The summed E-state index contributed by atoms with van der Waals surface area (Å²) in [5.74, 6) is 1.21. The van der Waals surface area contributed by atoms with Crippen LogP contribution in [0.15, 0.2) is 59.3 Å². The average molecular weight is 406 g/mol. The first-order chi connectivity index (χ1) is 14.7. The number of nitrogens with one attached hydrogen (secondary N) is 1. The number of hydrogen-bond donors (Lipinski definition) is 1. The van der Waals surface area contributed by atoms with E-state index in [2.05, 4.69) is 26.4 Å². The summed E-state index contributed by atoms with van der Waals surface area (Å²) in [4.78, 5) is 19.0. The third kappa shape index (κ3) is 4.86. The molecule has 3 heterocycles. The number of ether oxygens (including phenoxy) is 1. The first kappa shape index (κ1) is 20.1. The van der Waals surface area contributed by atoms with Crippen molar-refractivity contribution in [1.82, 2.24) is 20.4 Å². The van der Waals surface area contributed by atoms with Crippen molar-refractivity contribution >= 4 is 5.91 Å². The summed E-state index contributed by atoms with van der Waals surface area (Å²) < 4.78 is 10.8. The second-order valence-electron chi connectivity index (χ2n) is 7.48. The van der Waals surface area contributed by atoms with Gasteiger partial charge in [0.25, 0.3) is 5.91 Å². The number of carbonyl (C=O) groups is 1. The molecule has 7 nitrogen and oxygen atoms in total. The molecule has 4 rings (SSSR count). The predicted octanol–water partition coefficient (Wildman–Crippen LogP) is 3.39. The number of amides is 1. The zero-order valence-corrected chi connectivity index (χ0v) is 17.1. The lowest BCUT2D eigenvalue weighted by Crippen LogP contribution is -2.32. The monoisotopic (exact) mass is 406 g/mol. The number of methoxy groups -OCH3 is 1. The van der Waals surface area contributed by atoms with Crippen LogP contribution >= 0.6 is 0 Å². The summed E-state index contributed by atoms with van der Waals surface area (Å²) >= 11 is 0. The zero-order chi connectivity index (χ0) is 20.8. The molecule has 0 atom stereocenters. The third-order valence-electron chi connectivity index (χ3n) is 5.50. The Morgan fingerprint density at radius 3 is 2.77 bits per heavy atom. The molecule has 1 amide bonds. The molecule has 30 heavy (non-hydrogen) atoms. The van der Waals surface area contributed by atoms with E-state index in [-0.39, 0.29) is 11.7 Å². The summed E-state index contributed by atoms with van der Waals surface area (Å²) in [6, 6.07) is 15.5. The number of para-hydroxylation sites is 1. The molecule has 0 radical (unpaired) electrons. The van der Waals surface area contributed by atoms with Crippen molar-refractivity contribution in [1.29, 1.82) is 0 Å². The quantitative estimate of drug-likeness (QED) is 0.648. The fourth-order valence-corrected chi connectivity index (χ4v) is 3.81. The predicted molar refractivity (Wildman–Crippen MR) is 112 cm³/mol. The summed E-state index contributed by atoms with van der Waals surface area (Å²) in [5, 5.41) is 6.98. The zero-order valence-electron chi connectivity index (χ0n) is 17.1. The first-order valence-corrected chi connectivity index (χ1v) is 10.2. The molecule has 156 valence electrons. The van der Waals surface area contributed by atoms with E-state index in [0.717, 1.165) is 49.6 Å². The highest BCUT2D eigenvalue weighted by Crippen LogP contribution is 2.29. The van der Waals surface area contributed by atoms with E-state index in [4.69, 9.17) is 9.26 Å². The lowest BCUT2D eigenvalue weighted by Gasteiger charge is -2.31. The lowest BCUT2D eigenvalue weighted by atomic mass is 9.93. The molecule has 7 heteroatoms. The molecule has 1 N–H and O–H groups in total. The van der Waals surface area contributed by atoms with Crippen LogP contribution in [0.5, 0.6) is 5.75 Å².